The molecule has 1 unspecified atom stereocenters. The molecular formula is C14H18N2O2. The van der Waals surface area contributed by atoms with Gasteiger partial charge in [-0.15, -0.1) is 0 Å². The maximum atomic E-state index is 10.1. The van der Waals surface area contributed by atoms with Crippen molar-refractivity contribution >= 4 is 0 Å². The first-order valence-electron chi connectivity index (χ1n) is 6.06. The minimum Gasteiger partial charge on any atom is -0.497 e. The normalized spacial score (nSPS) is 12.4. The minimum absolute atomic E-state index is 0.515. The Morgan fingerprint density at radius 1 is 1.33 bits per heavy atom. The third-order valence-corrected chi connectivity index (χ3v) is 2.95. The van der Waals surface area contributed by atoms with Gasteiger partial charge in [-0.05, 0) is 24.6 Å². The standard InChI is InChI=1S/C14H18N2O2/c1-3-16-10-12(9-15-16)14(17)8-11-4-6-13(18-2)7-5-11/h4-7,9-10,14,17H,3,8H2,1-2H3. The molecule has 0 radical (unpaired) electrons. The Balaban J connectivity index is 2.03. The molecule has 0 saturated carbocycles. The average molecular weight is 246 g/mol. The van der Waals surface area contributed by atoms with E-state index in [1.165, 1.54) is 0 Å². The Morgan fingerprint density at radius 3 is 2.61 bits per heavy atom. The van der Waals surface area contributed by atoms with Gasteiger partial charge >= 0.3 is 0 Å². The van der Waals surface area contributed by atoms with Crippen LogP contribution in [0.25, 0.3) is 0 Å². The van der Waals surface area contributed by atoms with Gasteiger partial charge in [0.2, 0.25) is 0 Å². The third kappa shape index (κ3) is 2.90. The van der Waals surface area contributed by atoms with Crippen LogP contribution in [-0.2, 0) is 13.0 Å². The van der Waals surface area contributed by atoms with Crippen LogP contribution in [0.5, 0.6) is 5.75 Å². The van der Waals surface area contributed by atoms with Gasteiger partial charge in [-0.2, -0.15) is 5.10 Å². The number of hydrogen-bond acceptors (Lipinski definition) is 3. The van der Waals surface area contributed by atoms with E-state index in [0.717, 1.165) is 23.4 Å². The molecule has 0 aliphatic rings. The average Bonchev–Trinajstić information content (AvgIpc) is 2.88. The Labute approximate surface area is 107 Å². The van der Waals surface area contributed by atoms with Gasteiger partial charge in [0.1, 0.15) is 5.75 Å². The molecule has 18 heavy (non-hydrogen) atoms. The minimum atomic E-state index is -0.515. The van der Waals surface area contributed by atoms with Crippen molar-refractivity contribution in [2.24, 2.45) is 0 Å². The van der Waals surface area contributed by atoms with E-state index in [0.29, 0.717) is 6.42 Å². The fraction of sp³-hybridized carbons (Fsp3) is 0.357. The molecule has 0 fully saturated rings. The number of nitrogens with zero attached hydrogens (tertiary/aromatic N) is 2. The van der Waals surface area contributed by atoms with Gasteiger partial charge in [-0.25, -0.2) is 0 Å². The first-order valence-corrected chi connectivity index (χ1v) is 6.06. The van der Waals surface area contributed by atoms with Crippen LogP contribution in [0.15, 0.2) is 36.7 Å². The Bertz CT molecular complexity index is 491. The lowest BCUT2D eigenvalue weighted by molar-refractivity contribution is 0.178. The number of ether oxygens (including phenoxy) is 1. The summed E-state index contributed by atoms with van der Waals surface area (Å²) in [4.78, 5) is 0. The molecule has 1 N–H and O–H groups in total. The summed E-state index contributed by atoms with van der Waals surface area (Å²) in [6.45, 7) is 2.84. The molecule has 2 aromatic rings. The Hall–Kier alpha value is -1.81. The summed E-state index contributed by atoms with van der Waals surface area (Å²) in [5.41, 5.74) is 1.93. The van der Waals surface area contributed by atoms with E-state index >= 15 is 0 Å². The molecule has 4 heteroatoms. The molecule has 0 amide bonds. The highest BCUT2D eigenvalue weighted by molar-refractivity contribution is 5.28. The van der Waals surface area contributed by atoms with Crippen LogP contribution < -0.4 is 4.74 Å². The zero-order valence-corrected chi connectivity index (χ0v) is 10.7. The van der Waals surface area contributed by atoms with Crippen LogP contribution in [0.3, 0.4) is 0 Å². The highest BCUT2D eigenvalue weighted by atomic mass is 16.5. The third-order valence-electron chi connectivity index (χ3n) is 2.95. The first kappa shape index (κ1) is 12.6. The summed E-state index contributed by atoms with van der Waals surface area (Å²) < 4.78 is 6.91. The summed E-state index contributed by atoms with van der Waals surface area (Å²) in [7, 11) is 1.64. The predicted molar refractivity (Wildman–Crippen MR) is 69.6 cm³/mol. The molecule has 1 aromatic heterocycles. The van der Waals surface area contributed by atoms with Crippen LogP contribution in [0.1, 0.15) is 24.2 Å². The van der Waals surface area contributed by atoms with E-state index in [9.17, 15) is 5.11 Å². The molecule has 0 saturated heterocycles. The summed E-state index contributed by atoms with van der Waals surface area (Å²) in [6, 6.07) is 7.73. The number of hydrogen-bond donors (Lipinski definition) is 1. The van der Waals surface area contributed by atoms with Crippen molar-refractivity contribution in [1.82, 2.24) is 9.78 Å². The van der Waals surface area contributed by atoms with Crippen LogP contribution in [0.4, 0.5) is 0 Å². The molecule has 1 aromatic carbocycles. The van der Waals surface area contributed by atoms with Gasteiger partial charge in [0.25, 0.3) is 0 Å². The van der Waals surface area contributed by atoms with Crippen LogP contribution in [-0.4, -0.2) is 22.0 Å². The number of rotatable bonds is 5. The van der Waals surface area contributed by atoms with Gasteiger partial charge in [0.05, 0.1) is 19.4 Å². The predicted octanol–water partition coefficient (Wildman–Crippen LogP) is 2.19. The molecule has 1 atom stereocenters. The van der Waals surface area contributed by atoms with Crippen molar-refractivity contribution in [3.8, 4) is 5.75 Å². The van der Waals surface area contributed by atoms with Gasteiger partial charge in [0, 0.05) is 24.7 Å². The van der Waals surface area contributed by atoms with E-state index in [4.69, 9.17) is 4.74 Å². The van der Waals surface area contributed by atoms with Gasteiger partial charge in [-0.3, -0.25) is 4.68 Å². The van der Waals surface area contributed by atoms with E-state index in [1.807, 2.05) is 42.1 Å². The quantitative estimate of drug-likeness (QED) is 0.879. The fourth-order valence-electron chi connectivity index (χ4n) is 1.83. The van der Waals surface area contributed by atoms with Crippen molar-refractivity contribution in [2.75, 3.05) is 7.11 Å². The monoisotopic (exact) mass is 246 g/mol. The van der Waals surface area contributed by atoms with E-state index in [2.05, 4.69) is 5.10 Å². The van der Waals surface area contributed by atoms with Crippen molar-refractivity contribution < 1.29 is 9.84 Å². The molecule has 0 spiro atoms. The molecule has 0 bridgehead atoms. The van der Waals surface area contributed by atoms with E-state index in [-0.39, 0.29) is 0 Å². The summed E-state index contributed by atoms with van der Waals surface area (Å²) in [5, 5.41) is 14.3. The number of aliphatic hydroxyl groups is 1. The maximum absolute atomic E-state index is 10.1. The topological polar surface area (TPSA) is 47.3 Å². The van der Waals surface area contributed by atoms with Gasteiger partial charge < -0.3 is 9.84 Å². The first-order chi connectivity index (χ1) is 8.72. The summed E-state index contributed by atoms with van der Waals surface area (Å²) in [6.07, 6.45) is 3.67. The van der Waals surface area contributed by atoms with Crippen molar-refractivity contribution in [3.05, 3.63) is 47.8 Å². The highest BCUT2D eigenvalue weighted by Gasteiger charge is 2.10. The van der Waals surface area contributed by atoms with Gasteiger partial charge in [0.15, 0.2) is 0 Å². The lowest BCUT2D eigenvalue weighted by atomic mass is 10.0. The molecule has 1 heterocycles. The number of aliphatic hydroxyl groups excluding tert-OH is 1. The molecule has 2 rings (SSSR count). The number of aryl methyl sites for hydroxylation is 1. The number of benzene rings is 1. The summed E-state index contributed by atoms with van der Waals surface area (Å²) >= 11 is 0. The second kappa shape index (κ2) is 5.69. The van der Waals surface area contributed by atoms with Crippen LogP contribution >= 0.6 is 0 Å². The smallest absolute Gasteiger partial charge is 0.118 e. The fourth-order valence-corrected chi connectivity index (χ4v) is 1.83. The molecule has 4 nitrogen and oxygen atoms in total. The van der Waals surface area contributed by atoms with E-state index < -0.39 is 6.10 Å². The molecular weight excluding hydrogens is 228 g/mol. The second-order valence-electron chi connectivity index (χ2n) is 4.20. The maximum Gasteiger partial charge on any atom is 0.118 e. The number of methoxy groups -OCH3 is 1. The van der Waals surface area contributed by atoms with Gasteiger partial charge in [-0.1, -0.05) is 12.1 Å². The van der Waals surface area contributed by atoms with Crippen molar-refractivity contribution in [1.29, 1.82) is 0 Å². The van der Waals surface area contributed by atoms with Crippen LogP contribution in [0.2, 0.25) is 0 Å². The summed E-state index contributed by atoms with van der Waals surface area (Å²) in [5.74, 6) is 0.826. The molecule has 96 valence electrons. The van der Waals surface area contributed by atoms with Crippen molar-refractivity contribution in [3.63, 3.8) is 0 Å². The molecule has 0 aliphatic carbocycles. The zero-order valence-electron chi connectivity index (χ0n) is 10.7. The lowest BCUT2D eigenvalue weighted by Gasteiger charge is -2.09. The largest absolute Gasteiger partial charge is 0.497 e. The van der Waals surface area contributed by atoms with Crippen LogP contribution in [0, 0.1) is 0 Å². The number of aromatic nitrogens is 2. The second-order valence-corrected chi connectivity index (χ2v) is 4.20. The highest BCUT2D eigenvalue weighted by Crippen LogP contribution is 2.19. The van der Waals surface area contributed by atoms with E-state index in [1.54, 1.807) is 13.3 Å². The lowest BCUT2D eigenvalue weighted by Crippen LogP contribution is -2.01. The molecule has 0 aliphatic heterocycles. The Morgan fingerprint density at radius 2 is 2.06 bits per heavy atom. The van der Waals surface area contributed by atoms with Crippen molar-refractivity contribution in [2.45, 2.75) is 26.0 Å². The SMILES string of the molecule is CCn1cc(C(O)Cc2ccc(OC)cc2)cn1. The zero-order chi connectivity index (χ0) is 13.0. The Kier molecular flexibility index (Phi) is 3.99.